The number of benzene rings is 1. The third-order valence-electron chi connectivity index (χ3n) is 3.34. The number of amides is 2. The molecule has 2 amide bonds. The van der Waals surface area contributed by atoms with Crippen LogP contribution in [0.3, 0.4) is 0 Å². The summed E-state index contributed by atoms with van der Waals surface area (Å²) in [6.45, 7) is 1.19. The van der Waals surface area contributed by atoms with Gasteiger partial charge in [-0.15, -0.1) is 11.8 Å². The standard InChI is InChI=1S/C15H18N2O4S/c18-13(17-7-3-4-8-17)10-22-12-6-2-1-5-11(12)15(21)16-9-14(19)20/h1-2,5-6H,3-4,7-10H2,(H,16,21)(H,19,20). The highest BCUT2D eigenvalue weighted by atomic mass is 32.2. The number of rotatable bonds is 6. The van der Waals surface area contributed by atoms with Crippen LogP contribution in [0.25, 0.3) is 0 Å². The number of hydrogen-bond donors (Lipinski definition) is 2. The van der Waals surface area contributed by atoms with E-state index in [2.05, 4.69) is 5.32 Å². The van der Waals surface area contributed by atoms with Crippen molar-refractivity contribution in [1.29, 1.82) is 0 Å². The maximum Gasteiger partial charge on any atom is 0.322 e. The molecule has 7 heteroatoms. The Morgan fingerprint density at radius 3 is 2.55 bits per heavy atom. The summed E-state index contributed by atoms with van der Waals surface area (Å²) in [5.41, 5.74) is 0.392. The molecule has 1 aliphatic heterocycles. The van der Waals surface area contributed by atoms with Gasteiger partial charge in [0.25, 0.3) is 5.91 Å². The molecule has 0 atom stereocenters. The summed E-state index contributed by atoms with van der Waals surface area (Å²) < 4.78 is 0. The van der Waals surface area contributed by atoms with Crippen LogP contribution in [-0.4, -0.2) is 53.2 Å². The van der Waals surface area contributed by atoms with Crippen LogP contribution < -0.4 is 5.32 Å². The second-order valence-corrected chi connectivity index (χ2v) is 5.97. The molecule has 0 aliphatic carbocycles. The smallest absolute Gasteiger partial charge is 0.322 e. The zero-order valence-electron chi connectivity index (χ0n) is 12.1. The number of likely N-dealkylation sites (tertiary alicyclic amines) is 1. The number of aliphatic carboxylic acids is 1. The van der Waals surface area contributed by atoms with Crippen LogP contribution in [0.1, 0.15) is 23.2 Å². The number of hydrogen-bond acceptors (Lipinski definition) is 4. The second kappa shape index (κ2) is 7.84. The van der Waals surface area contributed by atoms with E-state index in [0.29, 0.717) is 10.5 Å². The summed E-state index contributed by atoms with van der Waals surface area (Å²) in [7, 11) is 0. The maximum absolute atomic E-state index is 12.0. The molecule has 1 heterocycles. The van der Waals surface area contributed by atoms with Crippen LogP contribution in [0.2, 0.25) is 0 Å². The Morgan fingerprint density at radius 2 is 1.86 bits per heavy atom. The fourth-order valence-corrected chi connectivity index (χ4v) is 3.18. The van der Waals surface area contributed by atoms with Gasteiger partial charge in [-0.1, -0.05) is 12.1 Å². The van der Waals surface area contributed by atoms with Gasteiger partial charge in [-0.3, -0.25) is 14.4 Å². The quantitative estimate of drug-likeness (QED) is 0.769. The summed E-state index contributed by atoms with van der Waals surface area (Å²) >= 11 is 1.31. The topological polar surface area (TPSA) is 86.7 Å². The number of nitrogens with one attached hydrogen (secondary N) is 1. The van der Waals surface area contributed by atoms with E-state index in [1.54, 1.807) is 24.3 Å². The van der Waals surface area contributed by atoms with Crippen molar-refractivity contribution < 1.29 is 19.5 Å². The van der Waals surface area contributed by atoms with Gasteiger partial charge >= 0.3 is 5.97 Å². The largest absolute Gasteiger partial charge is 0.480 e. The van der Waals surface area contributed by atoms with Crippen molar-refractivity contribution in [2.24, 2.45) is 0 Å². The minimum absolute atomic E-state index is 0.0725. The Hall–Kier alpha value is -2.02. The number of carbonyl (C=O) groups is 3. The number of nitrogens with zero attached hydrogens (tertiary/aromatic N) is 1. The molecular formula is C15H18N2O4S. The number of carbonyl (C=O) groups excluding carboxylic acids is 2. The normalized spacial score (nSPS) is 13.9. The molecule has 1 fully saturated rings. The van der Waals surface area contributed by atoms with Gasteiger partial charge in [0.05, 0.1) is 11.3 Å². The van der Waals surface area contributed by atoms with Crippen LogP contribution in [0.5, 0.6) is 0 Å². The first-order valence-electron chi connectivity index (χ1n) is 7.07. The lowest BCUT2D eigenvalue weighted by atomic mass is 10.2. The fraction of sp³-hybridized carbons (Fsp3) is 0.400. The van der Waals surface area contributed by atoms with E-state index < -0.39 is 18.4 Å². The Labute approximate surface area is 132 Å². The monoisotopic (exact) mass is 322 g/mol. The van der Waals surface area contributed by atoms with Gasteiger partial charge in [0, 0.05) is 18.0 Å². The lowest BCUT2D eigenvalue weighted by molar-refractivity contribution is -0.135. The molecule has 2 N–H and O–H groups in total. The minimum atomic E-state index is -1.09. The molecule has 0 aromatic heterocycles. The van der Waals surface area contributed by atoms with Gasteiger partial charge in [-0.25, -0.2) is 0 Å². The van der Waals surface area contributed by atoms with Gasteiger partial charge in [0.15, 0.2) is 0 Å². The zero-order valence-corrected chi connectivity index (χ0v) is 12.9. The Balaban J connectivity index is 1.97. The number of thioether (sulfide) groups is 1. The first-order valence-corrected chi connectivity index (χ1v) is 8.06. The summed E-state index contributed by atoms with van der Waals surface area (Å²) in [6.07, 6.45) is 2.09. The predicted octanol–water partition coefficient (Wildman–Crippen LogP) is 1.22. The van der Waals surface area contributed by atoms with E-state index in [9.17, 15) is 14.4 Å². The third kappa shape index (κ3) is 4.49. The van der Waals surface area contributed by atoms with Gasteiger partial charge in [0.2, 0.25) is 5.91 Å². The first-order chi connectivity index (χ1) is 10.6. The highest BCUT2D eigenvalue weighted by Gasteiger charge is 2.19. The number of carboxylic acids is 1. The van der Waals surface area contributed by atoms with Crippen molar-refractivity contribution in [3.05, 3.63) is 29.8 Å². The molecule has 1 aromatic carbocycles. The maximum atomic E-state index is 12.0. The van der Waals surface area contributed by atoms with Crippen molar-refractivity contribution >= 4 is 29.5 Å². The van der Waals surface area contributed by atoms with Gasteiger partial charge in [-0.2, -0.15) is 0 Å². The molecule has 1 aliphatic rings. The van der Waals surface area contributed by atoms with Crippen molar-refractivity contribution in [3.8, 4) is 0 Å². The predicted molar refractivity (Wildman–Crippen MR) is 82.9 cm³/mol. The lowest BCUT2D eigenvalue weighted by Gasteiger charge is -2.15. The van der Waals surface area contributed by atoms with Crippen molar-refractivity contribution in [2.45, 2.75) is 17.7 Å². The third-order valence-corrected chi connectivity index (χ3v) is 4.40. The minimum Gasteiger partial charge on any atom is -0.480 e. The van der Waals surface area contributed by atoms with Crippen LogP contribution in [-0.2, 0) is 9.59 Å². The molecule has 2 rings (SSSR count). The molecule has 1 saturated heterocycles. The van der Waals surface area contributed by atoms with Crippen LogP contribution in [0, 0.1) is 0 Å². The van der Waals surface area contributed by atoms with Gasteiger partial charge < -0.3 is 15.3 Å². The number of carboxylic acid groups (broad SMARTS) is 1. The molecule has 22 heavy (non-hydrogen) atoms. The molecule has 0 spiro atoms. The van der Waals surface area contributed by atoms with Crippen molar-refractivity contribution in [1.82, 2.24) is 10.2 Å². The fourth-order valence-electron chi connectivity index (χ4n) is 2.23. The Bertz CT molecular complexity index is 570. The first kappa shape index (κ1) is 16.4. The van der Waals surface area contributed by atoms with E-state index in [0.717, 1.165) is 25.9 Å². The Morgan fingerprint density at radius 1 is 1.18 bits per heavy atom. The average molecular weight is 322 g/mol. The van der Waals surface area contributed by atoms with Crippen LogP contribution >= 0.6 is 11.8 Å². The van der Waals surface area contributed by atoms with Gasteiger partial charge in [-0.05, 0) is 25.0 Å². The summed E-state index contributed by atoms with van der Waals surface area (Å²) in [5.74, 6) is -1.19. The second-order valence-electron chi connectivity index (χ2n) is 4.95. The molecule has 118 valence electrons. The molecule has 0 bridgehead atoms. The lowest BCUT2D eigenvalue weighted by Crippen LogP contribution is -2.30. The zero-order chi connectivity index (χ0) is 15.9. The van der Waals surface area contributed by atoms with Crippen molar-refractivity contribution in [2.75, 3.05) is 25.4 Å². The van der Waals surface area contributed by atoms with Crippen LogP contribution in [0.15, 0.2) is 29.2 Å². The van der Waals surface area contributed by atoms with E-state index in [-0.39, 0.29) is 11.7 Å². The molecule has 0 unspecified atom stereocenters. The van der Waals surface area contributed by atoms with E-state index >= 15 is 0 Å². The van der Waals surface area contributed by atoms with Crippen molar-refractivity contribution in [3.63, 3.8) is 0 Å². The highest BCUT2D eigenvalue weighted by Crippen LogP contribution is 2.23. The molecule has 0 saturated carbocycles. The van der Waals surface area contributed by atoms with E-state index in [1.807, 2.05) is 4.90 Å². The highest BCUT2D eigenvalue weighted by molar-refractivity contribution is 8.00. The van der Waals surface area contributed by atoms with Crippen LogP contribution in [0.4, 0.5) is 0 Å². The molecule has 0 radical (unpaired) electrons. The van der Waals surface area contributed by atoms with Gasteiger partial charge in [0.1, 0.15) is 6.54 Å². The summed E-state index contributed by atoms with van der Waals surface area (Å²) in [6, 6.07) is 6.89. The van der Waals surface area contributed by atoms with E-state index in [4.69, 9.17) is 5.11 Å². The SMILES string of the molecule is O=C(O)CNC(=O)c1ccccc1SCC(=O)N1CCCC1. The average Bonchev–Trinajstić information content (AvgIpc) is 3.05. The van der Waals surface area contributed by atoms with E-state index in [1.165, 1.54) is 11.8 Å². The molecular weight excluding hydrogens is 304 g/mol. The molecule has 6 nitrogen and oxygen atoms in total. The molecule has 1 aromatic rings. The summed E-state index contributed by atoms with van der Waals surface area (Å²) in [4.78, 5) is 37.1. The Kier molecular flexibility index (Phi) is 5.83. The summed E-state index contributed by atoms with van der Waals surface area (Å²) in [5, 5.41) is 10.9.